The van der Waals surface area contributed by atoms with Gasteiger partial charge in [-0.3, -0.25) is 4.79 Å². The standard InChI is InChI=1S/C15H18N2O3/c1-11-3-2-4-13(9-11)17-14(18)10-16(15(17)19)12-5-7-20-8-6-12/h2-4,9,12H,5-8,10H2,1H3. The SMILES string of the molecule is Cc1cccc(N2C(=O)CN(C3CCOCC3)C2=O)c1. The van der Waals surface area contributed by atoms with Gasteiger partial charge in [0.15, 0.2) is 0 Å². The molecule has 2 aliphatic heterocycles. The number of amides is 3. The van der Waals surface area contributed by atoms with E-state index in [2.05, 4.69) is 0 Å². The lowest BCUT2D eigenvalue weighted by molar-refractivity contribution is -0.117. The number of ether oxygens (including phenoxy) is 1. The average Bonchev–Trinajstić information content (AvgIpc) is 2.75. The lowest BCUT2D eigenvalue weighted by Gasteiger charge is -2.30. The number of carbonyl (C=O) groups is 2. The maximum absolute atomic E-state index is 12.5. The molecule has 0 N–H and O–H groups in total. The highest BCUT2D eigenvalue weighted by Crippen LogP contribution is 2.26. The van der Waals surface area contributed by atoms with Crippen LogP contribution < -0.4 is 4.90 Å². The molecule has 0 bridgehead atoms. The molecule has 2 heterocycles. The molecule has 5 nitrogen and oxygen atoms in total. The molecular weight excluding hydrogens is 256 g/mol. The number of carbonyl (C=O) groups excluding carboxylic acids is 2. The molecule has 3 rings (SSSR count). The minimum absolute atomic E-state index is 0.120. The summed E-state index contributed by atoms with van der Waals surface area (Å²) in [5.41, 5.74) is 1.70. The molecule has 0 saturated carbocycles. The zero-order valence-corrected chi connectivity index (χ0v) is 11.5. The Morgan fingerprint density at radius 1 is 1.20 bits per heavy atom. The van der Waals surface area contributed by atoms with Gasteiger partial charge in [-0.05, 0) is 37.5 Å². The van der Waals surface area contributed by atoms with Crippen LogP contribution in [0.5, 0.6) is 0 Å². The van der Waals surface area contributed by atoms with Crippen molar-refractivity contribution in [2.45, 2.75) is 25.8 Å². The van der Waals surface area contributed by atoms with Gasteiger partial charge in [-0.2, -0.15) is 0 Å². The highest BCUT2D eigenvalue weighted by atomic mass is 16.5. The van der Waals surface area contributed by atoms with Crippen molar-refractivity contribution < 1.29 is 14.3 Å². The van der Waals surface area contributed by atoms with Gasteiger partial charge in [0.25, 0.3) is 5.91 Å². The number of hydrogen-bond acceptors (Lipinski definition) is 3. The van der Waals surface area contributed by atoms with Gasteiger partial charge in [0, 0.05) is 19.3 Å². The van der Waals surface area contributed by atoms with E-state index in [0.29, 0.717) is 18.9 Å². The molecule has 0 radical (unpaired) electrons. The van der Waals surface area contributed by atoms with Crippen LogP contribution in [-0.2, 0) is 9.53 Å². The van der Waals surface area contributed by atoms with Crippen LogP contribution in [0, 0.1) is 6.92 Å². The van der Waals surface area contributed by atoms with Crippen molar-refractivity contribution in [3.63, 3.8) is 0 Å². The second-order valence-corrected chi connectivity index (χ2v) is 5.32. The van der Waals surface area contributed by atoms with Gasteiger partial charge in [0.1, 0.15) is 6.54 Å². The van der Waals surface area contributed by atoms with Crippen LogP contribution in [0.25, 0.3) is 0 Å². The van der Waals surface area contributed by atoms with E-state index in [1.54, 1.807) is 11.0 Å². The molecule has 0 aliphatic carbocycles. The highest BCUT2D eigenvalue weighted by molar-refractivity contribution is 6.19. The number of hydrogen-bond donors (Lipinski definition) is 0. The topological polar surface area (TPSA) is 49.9 Å². The molecular formula is C15H18N2O3. The largest absolute Gasteiger partial charge is 0.381 e. The van der Waals surface area contributed by atoms with E-state index in [4.69, 9.17) is 4.74 Å². The first-order valence-corrected chi connectivity index (χ1v) is 6.95. The van der Waals surface area contributed by atoms with E-state index in [1.165, 1.54) is 4.90 Å². The first-order valence-electron chi connectivity index (χ1n) is 6.95. The predicted octanol–water partition coefficient (Wildman–Crippen LogP) is 1.94. The molecule has 0 unspecified atom stereocenters. The van der Waals surface area contributed by atoms with Crippen molar-refractivity contribution in [3.8, 4) is 0 Å². The van der Waals surface area contributed by atoms with Crippen molar-refractivity contribution in [3.05, 3.63) is 29.8 Å². The Hall–Kier alpha value is -1.88. The van der Waals surface area contributed by atoms with E-state index in [1.807, 2.05) is 25.1 Å². The average molecular weight is 274 g/mol. The molecule has 5 heteroatoms. The van der Waals surface area contributed by atoms with Gasteiger partial charge in [0.05, 0.1) is 5.69 Å². The fourth-order valence-electron chi connectivity index (χ4n) is 2.82. The summed E-state index contributed by atoms with van der Waals surface area (Å²) in [5.74, 6) is -0.146. The quantitative estimate of drug-likeness (QED) is 0.774. The Bertz CT molecular complexity index is 538. The summed E-state index contributed by atoms with van der Waals surface area (Å²) in [5, 5.41) is 0. The number of rotatable bonds is 2. The van der Waals surface area contributed by atoms with Crippen LogP contribution in [0.4, 0.5) is 10.5 Å². The van der Waals surface area contributed by atoms with Gasteiger partial charge in [0.2, 0.25) is 0 Å². The molecule has 20 heavy (non-hydrogen) atoms. The summed E-state index contributed by atoms with van der Waals surface area (Å²) in [7, 11) is 0. The minimum atomic E-state index is -0.201. The Balaban J connectivity index is 1.83. The number of anilines is 1. The third-order valence-corrected chi connectivity index (χ3v) is 3.88. The number of aryl methyl sites for hydroxylation is 1. The molecule has 1 aromatic rings. The highest BCUT2D eigenvalue weighted by Gasteiger charge is 2.40. The van der Waals surface area contributed by atoms with Crippen molar-refractivity contribution in [2.75, 3.05) is 24.7 Å². The van der Waals surface area contributed by atoms with Crippen molar-refractivity contribution in [1.29, 1.82) is 0 Å². The molecule has 0 spiro atoms. The lowest BCUT2D eigenvalue weighted by Crippen LogP contribution is -2.42. The number of urea groups is 1. The van der Waals surface area contributed by atoms with Gasteiger partial charge in [-0.1, -0.05) is 12.1 Å². The van der Waals surface area contributed by atoms with Crippen molar-refractivity contribution >= 4 is 17.6 Å². The van der Waals surface area contributed by atoms with E-state index >= 15 is 0 Å². The zero-order valence-electron chi connectivity index (χ0n) is 11.5. The Kier molecular flexibility index (Phi) is 3.44. The van der Waals surface area contributed by atoms with Crippen molar-refractivity contribution in [1.82, 2.24) is 4.90 Å². The molecule has 106 valence electrons. The van der Waals surface area contributed by atoms with Gasteiger partial charge in [-0.25, -0.2) is 9.69 Å². The minimum Gasteiger partial charge on any atom is -0.381 e. The Labute approximate surface area is 118 Å². The monoisotopic (exact) mass is 274 g/mol. The first-order chi connectivity index (χ1) is 9.66. The summed E-state index contributed by atoms with van der Waals surface area (Å²) in [6.45, 7) is 3.45. The predicted molar refractivity (Wildman–Crippen MR) is 74.6 cm³/mol. The van der Waals surface area contributed by atoms with E-state index in [0.717, 1.165) is 18.4 Å². The molecule has 0 atom stereocenters. The van der Waals surface area contributed by atoms with Gasteiger partial charge in [-0.15, -0.1) is 0 Å². The Morgan fingerprint density at radius 3 is 2.65 bits per heavy atom. The maximum atomic E-state index is 12.5. The van der Waals surface area contributed by atoms with Crippen molar-refractivity contribution in [2.24, 2.45) is 0 Å². The summed E-state index contributed by atoms with van der Waals surface area (Å²) in [4.78, 5) is 27.7. The summed E-state index contributed by atoms with van der Waals surface area (Å²) in [6.07, 6.45) is 1.61. The van der Waals surface area contributed by atoms with Crippen LogP contribution in [-0.4, -0.2) is 42.6 Å². The van der Waals surface area contributed by atoms with E-state index in [-0.39, 0.29) is 24.5 Å². The van der Waals surface area contributed by atoms with Crippen LogP contribution in [0.3, 0.4) is 0 Å². The van der Waals surface area contributed by atoms with Crippen LogP contribution in [0.2, 0.25) is 0 Å². The number of benzene rings is 1. The normalized spacial score (nSPS) is 20.9. The second kappa shape index (κ2) is 5.25. The van der Waals surface area contributed by atoms with Crippen LogP contribution in [0.15, 0.2) is 24.3 Å². The third-order valence-electron chi connectivity index (χ3n) is 3.88. The van der Waals surface area contributed by atoms with Gasteiger partial charge < -0.3 is 9.64 Å². The van der Waals surface area contributed by atoms with Gasteiger partial charge >= 0.3 is 6.03 Å². The molecule has 1 aromatic carbocycles. The van der Waals surface area contributed by atoms with Crippen LogP contribution in [0.1, 0.15) is 18.4 Å². The smallest absolute Gasteiger partial charge is 0.332 e. The van der Waals surface area contributed by atoms with E-state index < -0.39 is 0 Å². The summed E-state index contributed by atoms with van der Waals surface area (Å²) >= 11 is 0. The summed E-state index contributed by atoms with van der Waals surface area (Å²) < 4.78 is 5.31. The molecule has 2 saturated heterocycles. The third kappa shape index (κ3) is 2.29. The van der Waals surface area contributed by atoms with E-state index in [9.17, 15) is 9.59 Å². The zero-order chi connectivity index (χ0) is 14.1. The fourth-order valence-corrected chi connectivity index (χ4v) is 2.82. The maximum Gasteiger partial charge on any atom is 0.332 e. The lowest BCUT2D eigenvalue weighted by atomic mass is 10.1. The first kappa shape index (κ1) is 13.1. The summed E-state index contributed by atoms with van der Waals surface area (Å²) in [6, 6.07) is 7.40. The fraction of sp³-hybridized carbons (Fsp3) is 0.467. The molecule has 0 aromatic heterocycles. The van der Waals surface area contributed by atoms with Crippen LogP contribution >= 0.6 is 0 Å². The second-order valence-electron chi connectivity index (χ2n) is 5.32. The number of nitrogens with zero attached hydrogens (tertiary/aromatic N) is 2. The molecule has 3 amide bonds. The Morgan fingerprint density at radius 2 is 1.95 bits per heavy atom. The number of imide groups is 1. The molecule has 2 fully saturated rings. The molecule has 2 aliphatic rings.